The molecular formula is C19H19NO3. The summed E-state index contributed by atoms with van der Waals surface area (Å²) in [5.74, 6) is 0.843. The van der Waals surface area contributed by atoms with Crippen LogP contribution in [-0.4, -0.2) is 12.5 Å². The van der Waals surface area contributed by atoms with Crippen molar-refractivity contribution in [2.45, 2.75) is 19.8 Å². The molecule has 23 heavy (non-hydrogen) atoms. The average molecular weight is 309 g/mol. The van der Waals surface area contributed by atoms with Gasteiger partial charge in [0, 0.05) is 11.1 Å². The number of ether oxygens (including phenoxy) is 1. The Kier molecular flexibility index (Phi) is 4.62. The molecule has 0 fully saturated rings. The topological polar surface area (TPSA) is 51.5 Å². The van der Waals surface area contributed by atoms with Gasteiger partial charge in [-0.05, 0) is 42.8 Å². The van der Waals surface area contributed by atoms with Crippen molar-refractivity contribution >= 4 is 22.6 Å². The lowest BCUT2D eigenvalue weighted by atomic mass is 10.2. The lowest BCUT2D eigenvalue weighted by Gasteiger charge is -2.07. The molecule has 4 heteroatoms. The van der Waals surface area contributed by atoms with E-state index in [2.05, 4.69) is 12.2 Å². The van der Waals surface area contributed by atoms with E-state index in [1.165, 1.54) is 0 Å². The predicted octanol–water partition coefficient (Wildman–Crippen LogP) is 4.86. The summed E-state index contributed by atoms with van der Waals surface area (Å²) in [6, 6.07) is 16.6. The van der Waals surface area contributed by atoms with E-state index in [1.807, 2.05) is 48.5 Å². The molecular weight excluding hydrogens is 290 g/mol. The summed E-state index contributed by atoms with van der Waals surface area (Å²) in [6.07, 6.45) is 2.14. The third kappa shape index (κ3) is 3.72. The van der Waals surface area contributed by atoms with Crippen LogP contribution in [0.2, 0.25) is 0 Å². The number of amides is 1. The lowest BCUT2D eigenvalue weighted by molar-refractivity contribution is 0.0998. The fraction of sp³-hybridized carbons (Fsp3) is 0.211. The second kappa shape index (κ2) is 7.01. The minimum atomic E-state index is -0.263. The molecule has 3 rings (SSSR count). The number of carbonyl (C=O) groups excluding carboxylic acids is 1. The van der Waals surface area contributed by atoms with Gasteiger partial charge >= 0.3 is 0 Å². The number of unbranched alkanes of at least 4 members (excludes halogenated alkanes) is 1. The minimum Gasteiger partial charge on any atom is -0.494 e. The van der Waals surface area contributed by atoms with Gasteiger partial charge in [-0.2, -0.15) is 0 Å². The highest BCUT2D eigenvalue weighted by atomic mass is 16.5. The third-order valence-electron chi connectivity index (χ3n) is 3.53. The zero-order valence-electron chi connectivity index (χ0n) is 13.0. The molecule has 0 radical (unpaired) electrons. The van der Waals surface area contributed by atoms with Crippen LogP contribution in [0.1, 0.15) is 30.3 Å². The third-order valence-corrected chi connectivity index (χ3v) is 3.53. The van der Waals surface area contributed by atoms with E-state index >= 15 is 0 Å². The van der Waals surface area contributed by atoms with Crippen LogP contribution in [0.25, 0.3) is 11.0 Å². The van der Waals surface area contributed by atoms with Crippen molar-refractivity contribution in [1.82, 2.24) is 0 Å². The molecule has 3 aromatic rings. The first kappa shape index (κ1) is 15.2. The number of anilines is 1. The van der Waals surface area contributed by atoms with E-state index in [1.54, 1.807) is 6.07 Å². The van der Waals surface area contributed by atoms with Crippen LogP contribution in [0.4, 0.5) is 5.69 Å². The van der Waals surface area contributed by atoms with Gasteiger partial charge in [0.2, 0.25) is 0 Å². The zero-order valence-corrected chi connectivity index (χ0v) is 13.0. The van der Waals surface area contributed by atoms with Crippen LogP contribution in [0.5, 0.6) is 5.75 Å². The summed E-state index contributed by atoms with van der Waals surface area (Å²) < 4.78 is 11.2. The molecule has 0 aliphatic rings. The number of nitrogens with one attached hydrogen (secondary N) is 1. The normalized spacial score (nSPS) is 10.7. The van der Waals surface area contributed by atoms with E-state index in [0.29, 0.717) is 23.6 Å². The maximum Gasteiger partial charge on any atom is 0.291 e. The van der Waals surface area contributed by atoms with Crippen LogP contribution >= 0.6 is 0 Å². The van der Waals surface area contributed by atoms with E-state index in [-0.39, 0.29) is 5.91 Å². The summed E-state index contributed by atoms with van der Waals surface area (Å²) in [5, 5.41) is 3.74. The van der Waals surface area contributed by atoms with Crippen LogP contribution in [0.15, 0.2) is 59.0 Å². The van der Waals surface area contributed by atoms with Crippen molar-refractivity contribution in [3.63, 3.8) is 0 Å². The van der Waals surface area contributed by atoms with Crippen molar-refractivity contribution in [3.05, 3.63) is 60.4 Å². The zero-order chi connectivity index (χ0) is 16.1. The maximum atomic E-state index is 12.2. The molecule has 0 saturated carbocycles. The molecule has 0 unspecified atom stereocenters. The number of carbonyl (C=O) groups is 1. The highest BCUT2D eigenvalue weighted by Crippen LogP contribution is 2.21. The second-order valence-electron chi connectivity index (χ2n) is 5.33. The van der Waals surface area contributed by atoms with Crippen LogP contribution in [-0.2, 0) is 0 Å². The molecule has 0 bridgehead atoms. The Balaban J connectivity index is 1.65. The summed E-state index contributed by atoms with van der Waals surface area (Å²) in [7, 11) is 0. The van der Waals surface area contributed by atoms with Gasteiger partial charge in [0.05, 0.1) is 6.61 Å². The average Bonchev–Trinajstić information content (AvgIpc) is 3.01. The van der Waals surface area contributed by atoms with E-state index in [9.17, 15) is 4.79 Å². The number of para-hydroxylation sites is 1. The molecule has 1 aromatic heterocycles. The molecule has 1 amide bonds. The number of hydrogen-bond donors (Lipinski definition) is 1. The lowest BCUT2D eigenvalue weighted by Crippen LogP contribution is -2.10. The Morgan fingerprint density at radius 1 is 1.13 bits per heavy atom. The van der Waals surface area contributed by atoms with Gasteiger partial charge in [-0.1, -0.05) is 31.5 Å². The Morgan fingerprint density at radius 2 is 1.91 bits per heavy atom. The van der Waals surface area contributed by atoms with Crippen molar-refractivity contribution < 1.29 is 13.9 Å². The number of benzene rings is 2. The summed E-state index contributed by atoms with van der Waals surface area (Å²) in [4.78, 5) is 12.2. The maximum absolute atomic E-state index is 12.2. The van der Waals surface area contributed by atoms with E-state index < -0.39 is 0 Å². The summed E-state index contributed by atoms with van der Waals surface area (Å²) in [6.45, 7) is 2.83. The van der Waals surface area contributed by atoms with Gasteiger partial charge in [-0.15, -0.1) is 0 Å². The van der Waals surface area contributed by atoms with Gasteiger partial charge in [0.1, 0.15) is 11.3 Å². The molecule has 1 heterocycles. The number of furan rings is 1. The van der Waals surface area contributed by atoms with E-state index in [4.69, 9.17) is 9.15 Å². The second-order valence-corrected chi connectivity index (χ2v) is 5.33. The fourth-order valence-corrected chi connectivity index (χ4v) is 2.26. The van der Waals surface area contributed by atoms with Gasteiger partial charge in [0.25, 0.3) is 5.91 Å². The van der Waals surface area contributed by atoms with Crippen LogP contribution in [0.3, 0.4) is 0 Å². The minimum absolute atomic E-state index is 0.263. The first-order valence-electron chi connectivity index (χ1n) is 7.79. The molecule has 0 spiro atoms. The summed E-state index contributed by atoms with van der Waals surface area (Å²) in [5.41, 5.74) is 1.41. The van der Waals surface area contributed by atoms with Gasteiger partial charge in [0.15, 0.2) is 5.76 Å². The summed E-state index contributed by atoms with van der Waals surface area (Å²) >= 11 is 0. The van der Waals surface area contributed by atoms with Crippen molar-refractivity contribution in [1.29, 1.82) is 0 Å². The largest absolute Gasteiger partial charge is 0.494 e. The smallest absolute Gasteiger partial charge is 0.291 e. The van der Waals surface area contributed by atoms with Crippen LogP contribution < -0.4 is 10.1 Å². The van der Waals surface area contributed by atoms with E-state index in [0.717, 1.165) is 24.0 Å². The molecule has 1 N–H and O–H groups in total. The standard InChI is InChI=1S/C19H19NO3/c1-2-3-12-22-16-10-8-15(9-11-16)20-19(21)18-13-14-6-4-5-7-17(14)23-18/h4-11,13H,2-3,12H2,1H3,(H,20,21). The molecule has 0 aliphatic carbocycles. The SMILES string of the molecule is CCCCOc1ccc(NC(=O)c2cc3ccccc3o2)cc1. The van der Waals surface area contributed by atoms with Gasteiger partial charge in [-0.25, -0.2) is 0 Å². The van der Waals surface area contributed by atoms with Crippen LogP contribution in [0, 0.1) is 0 Å². The molecule has 0 atom stereocenters. The first-order valence-corrected chi connectivity index (χ1v) is 7.79. The molecule has 2 aromatic carbocycles. The Labute approximate surface area is 135 Å². The van der Waals surface area contributed by atoms with Gasteiger partial charge < -0.3 is 14.5 Å². The molecule has 0 saturated heterocycles. The Morgan fingerprint density at radius 3 is 2.65 bits per heavy atom. The number of rotatable bonds is 6. The van der Waals surface area contributed by atoms with Gasteiger partial charge in [-0.3, -0.25) is 4.79 Å². The molecule has 118 valence electrons. The fourth-order valence-electron chi connectivity index (χ4n) is 2.26. The highest BCUT2D eigenvalue weighted by Gasteiger charge is 2.12. The predicted molar refractivity (Wildman–Crippen MR) is 91.0 cm³/mol. The number of fused-ring (bicyclic) bond motifs is 1. The Bertz CT molecular complexity index is 757. The highest BCUT2D eigenvalue weighted by molar-refractivity contribution is 6.04. The molecule has 4 nitrogen and oxygen atoms in total. The van der Waals surface area contributed by atoms with Crippen molar-refractivity contribution in [2.24, 2.45) is 0 Å². The Hall–Kier alpha value is -2.75. The van der Waals surface area contributed by atoms with Crippen molar-refractivity contribution in [3.8, 4) is 5.75 Å². The monoisotopic (exact) mass is 309 g/mol. The van der Waals surface area contributed by atoms with Crippen molar-refractivity contribution in [2.75, 3.05) is 11.9 Å². The quantitative estimate of drug-likeness (QED) is 0.661. The molecule has 0 aliphatic heterocycles. The first-order chi connectivity index (χ1) is 11.3. The number of hydrogen-bond acceptors (Lipinski definition) is 3.